The predicted molar refractivity (Wildman–Crippen MR) is 120 cm³/mol. The van der Waals surface area contributed by atoms with E-state index in [1.807, 2.05) is 25.7 Å². The Balaban J connectivity index is 1.66. The van der Waals surface area contributed by atoms with Gasteiger partial charge in [-0.1, -0.05) is 12.1 Å². The molecule has 32 heavy (non-hydrogen) atoms. The van der Waals surface area contributed by atoms with Crippen molar-refractivity contribution in [3.8, 4) is 0 Å². The molecule has 0 saturated carbocycles. The highest BCUT2D eigenvalue weighted by Gasteiger charge is 2.35. The van der Waals surface area contributed by atoms with Crippen LogP contribution in [0.2, 0.25) is 0 Å². The van der Waals surface area contributed by atoms with Crippen LogP contribution in [0.1, 0.15) is 55.4 Å². The van der Waals surface area contributed by atoms with E-state index in [0.29, 0.717) is 50.2 Å². The van der Waals surface area contributed by atoms with Gasteiger partial charge in [-0.15, -0.1) is 0 Å². The van der Waals surface area contributed by atoms with Crippen molar-refractivity contribution in [1.29, 1.82) is 0 Å². The van der Waals surface area contributed by atoms with Crippen LogP contribution < -0.4 is 10.2 Å². The van der Waals surface area contributed by atoms with Crippen molar-refractivity contribution in [2.24, 2.45) is 0 Å². The highest BCUT2D eigenvalue weighted by atomic mass is 19.1. The fourth-order valence-corrected chi connectivity index (χ4v) is 4.12. The maximum absolute atomic E-state index is 13.3. The first-order valence-corrected chi connectivity index (χ1v) is 11.0. The Bertz CT molecular complexity index is 1020. The van der Waals surface area contributed by atoms with Gasteiger partial charge in [0.15, 0.2) is 0 Å². The van der Waals surface area contributed by atoms with Crippen molar-refractivity contribution < 1.29 is 14.0 Å². The topological polar surface area (TPSA) is 81.7 Å². The van der Waals surface area contributed by atoms with E-state index in [2.05, 4.69) is 10.3 Å². The molecule has 2 aliphatic heterocycles. The number of amides is 2. The summed E-state index contributed by atoms with van der Waals surface area (Å²) in [7, 11) is 0. The minimum Gasteiger partial charge on any atom is -0.363 e. The molecule has 8 nitrogen and oxygen atoms in total. The van der Waals surface area contributed by atoms with E-state index in [1.54, 1.807) is 28.9 Å². The van der Waals surface area contributed by atoms with Crippen LogP contribution in [-0.4, -0.2) is 63.8 Å². The Labute approximate surface area is 187 Å². The lowest BCUT2D eigenvalue weighted by molar-refractivity contribution is -0.129. The number of anilines is 2. The Morgan fingerprint density at radius 3 is 2.31 bits per heavy atom. The lowest BCUT2D eigenvalue weighted by Gasteiger charge is -2.34. The van der Waals surface area contributed by atoms with Gasteiger partial charge in [0, 0.05) is 50.7 Å². The number of fused-ring (bicyclic) bond motifs is 1. The summed E-state index contributed by atoms with van der Waals surface area (Å²) in [6, 6.07) is 6.25. The Kier molecular flexibility index (Phi) is 5.99. The van der Waals surface area contributed by atoms with Gasteiger partial charge >= 0.3 is 0 Å². The summed E-state index contributed by atoms with van der Waals surface area (Å²) in [4.78, 5) is 39.7. The number of rotatable bonds is 5. The van der Waals surface area contributed by atoms with E-state index in [-0.39, 0.29) is 29.7 Å². The van der Waals surface area contributed by atoms with Gasteiger partial charge in [0.2, 0.25) is 11.9 Å². The molecule has 4 rings (SSSR count). The maximum atomic E-state index is 13.3. The summed E-state index contributed by atoms with van der Waals surface area (Å²) in [5.41, 5.74) is 2.12. The molecule has 1 saturated heterocycles. The van der Waals surface area contributed by atoms with Crippen LogP contribution in [0.3, 0.4) is 0 Å². The third kappa shape index (κ3) is 4.24. The standard InChI is InChI=1S/C23H29FN6O2/c1-14(2)30-13-19-20(22(30)32)26-23(29-11-9-28(10-12-29)16(4)31)27-21(19)25-15(3)17-5-7-18(24)8-6-17/h5-8,14-15H,9-13H2,1-4H3,(H,25,26,27). The number of aromatic nitrogens is 2. The van der Waals surface area contributed by atoms with Crippen LogP contribution in [0.4, 0.5) is 16.2 Å². The molecule has 0 bridgehead atoms. The molecule has 1 unspecified atom stereocenters. The van der Waals surface area contributed by atoms with Gasteiger partial charge in [0.25, 0.3) is 5.91 Å². The van der Waals surface area contributed by atoms with Crippen LogP contribution in [0, 0.1) is 5.82 Å². The fraction of sp³-hybridized carbons (Fsp3) is 0.478. The fourth-order valence-electron chi connectivity index (χ4n) is 4.12. The van der Waals surface area contributed by atoms with Crippen LogP contribution in [0.5, 0.6) is 0 Å². The molecular weight excluding hydrogens is 411 g/mol. The third-order valence-corrected chi connectivity index (χ3v) is 6.14. The zero-order valence-electron chi connectivity index (χ0n) is 18.9. The Morgan fingerprint density at radius 1 is 1.06 bits per heavy atom. The molecule has 2 amide bonds. The second-order valence-electron chi connectivity index (χ2n) is 8.64. The first-order valence-electron chi connectivity index (χ1n) is 11.0. The zero-order valence-corrected chi connectivity index (χ0v) is 18.9. The van der Waals surface area contributed by atoms with E-state index in [9.17, 15) is 14.0 Å². The van der Waals surface area contributed by atoms with Crippen molar-refractivity contribution in [1.82, 2.24) is 19.8 Å². The highest BCUT2D eigenvalue weighted by molar-refractivity contribution is 5.98. The maximum Gasteiger partial charge on any atom is 0.273 e. The quantitative estimate of drug-likeness (QED) is 0.770. The summed E-state index contributed by atoms with van der Waals surface area (Å²) < 4.78 is 13.3. The van der Waals surface area contributed by atoms with Crippen LogP contribution in [0.15, 0.2) is 24.3 Å². The molecule has 0 spiro atoms. The first-order chi connectivity index (χ1) is 15.2. The monoisotopic (exact) mass is 440 g/mol. The summed E-state index contributed by atoms with van der Waals surface area (Å²) in [6.07, 6.45) is 0. The van der Waals surface area contributed by atoms with Gasteiger partial charge in [-0.3, -0.25) is 9.59 Å². The van der Waals surface area contributed by atoms with E-state index in [0.717, 1.165) is 11.1 Å². The average molecular weight is 441 g/mol. The summed E-state index contributed by atoms with van der Waals surface area (Å²) in [6.45, 7) is 10.3. The molecule has 9 heteroatoms. The number of nitrogens with zero attached hydrogens (tertiary/aromatic N) is 5. The van der Waals surface area contributed by atoms with E-state index >= 15 is 0 Å². The number of hydrogen-bond donors (Lipinski definition) is 1. The van der Waals surface area contributed by atoms with E-state index < -0.39 is 0 Å². The molecule has 2 aliphatic rings. The van der Waals surface area contributed by atoms with Crippen molar-refractivity contribution in [2.75, 3.05) is 36.4 Å². The molecule has 0 radical (unpaired) electrons. The highest BCUT2D eigenvalue weighted by Crippen LogP contribution is 2.32. The first kappa shape index (κ1) is 22.0. The second-order valence-corrected chi connectivity index (χ2v) is 8.64. The van der Waals surface area contributed by atoms with Gasteiger partial charge in [0.05, 0.1) is 6.54 Å². The number of halogens is 1. The minimum absolute atomic E-state index is 0.0432. The molecule has 1 N–H and O–H groups in total. The lowest BCUT2D eigenvalue weighted by Crippen LogP contribution is -2.48. The molecule has 2 aromatic rings. The number of carbonyl (C=O) groups excluding carboxylic acids is 2. The smallest absolute Gasteiger partial charge is 0.273 e. The minimum atomic E-state index is -0.283. The molecule has 170 valence electrons. The van der Waals surface area contributed by atoms with Crippen LogP contribution in [0.25, 0.3) is 0 Å². The van der Waals surface area contributed by atoms with Crippen LogP contribution in [-0.2, 0) is 11.3 Å². The lowest BCUT2D eigenvalue weighted by atomic mass is 10.1. The van der Waals surface area contributed by atoms with Crippen LogP contribution >= 0.6 is 0 Å². The largest absolute Gasteiger partial charge is 0.363 e. The number of nitrogens with one attached hydrogen (secondary N) is 1. The summed E-state index contributed by atoms with van der Waals surface area (Å²) in [5, 5.41) is 3.42. The number of piperazine rings is 1. The zero-order chi connectivity index (χ0) is 23.0. The van der Waals surface area contributed by atoms with Gasteiger partial charge in [-0.25, -0.2) is 9.37 Å². The predicted octanol–water partition coefficient (Wildman–Crippen LogP) is 2.82. The Hall–Kier alpha value is -3.23. The van der Waals surface area contributed by atoms with Gasteiger partial charge in [0.1, 0.15) is 17.3 Å². The van der Waals surface area contributed by atoms with Crippen molar-refractivity contribution in [2.45, 2.75) is 46.3 Å². The van der Waals surface area contributed by atoms with E-state index in [1.165, 1.54) is 12.1 Å². The van der Waals surface area contributed by atoms with Gasteiger partial charge < -0.3 is 20.0 Å². The van der Waals surface area contributed by atoms with Gasteiger partial charge in [-0.05, 0) is 38.5 Å². The number of benzene rings is 1. The molecule has 1 aromatic heterocycles. The van der Waals surface area contributed by atoms with Gasteiger partial charge in [-0.2, -0.15) is 4.98 Å². The number of hydrogen-bond acceptors (Lipinski definition) is 6. The summed E-state index contributed by atoms with van der Waals surface area (Å²) in [5.74, 6) is 0.775. The molecule has 1 atom stereocenters. The molecular formula is C23H29FN6O2. The molecule has 1 aromatic carbocycles. The molecule has 1 fully saturated rings. The average Bonchev–Trinajstić information content (AvgIpc) is 3.11. The number of carbonyl (C=O) groups is 2. The third-order valence-electron chi connectivity index (χ3n) is 6.14. The molecule has 3 heterocycles. The normalized spacial score (nSPS) is 17.1. The van der Waals surface area contributed by atoms with Crippen molar-refractivity contribution >= 4 is 23.6 Å². The van der Waals surface area contributed by atoms with Crippen molar-refractivity contribution in [3.63, 3.8) is 0 Å². The van der Waals surface area contributed by atoms with Crippen molar-refractivity contribution in [3.05, 3.63) is 46.9 Å². The Morgan fingerprint density at radius 2 is 1.72 bits per heavy atom. The molecule has 0 aliphatic carbocycles. The summed E-state index contributed by atoms with van der Waals surface area (Å²) >= 11 is 0. The van der Waals surface area contributed by atoms with E-state index in [4.69, 9.17) is 4.98 Å². The second kappa shape index (κ2) is 8.72. The SMILES string of the molecule is CC(=O)N1CCN(c2nc(NC(C)c3ccc(F)cc3)c3c(n2)C(=O)N(C(C)C)C3)CC1.